The summed E-state index contributed by atoms with van der Waals surface area (Å²) in [6, 6.07) is 15.3. The highest BCUT2D eigenvalue weighted by molar-refractivity contribution is 7.98. The minimum absolute atomic E-state index is 0.0451. The Balaban J connectivity index is 1.47. The summed E-state index contributed by atoms with van der Waals surface area (Å²) in [6.07, 6.45) is 0. The van der Waals surface area contributed by atoms with E-state index in [9.17, 15) is 4.79 Å². The first kappa shape index (κ1) is 18.3. The van der Waals surface area contributed by atoms with Crippen LogP contribution in [0.4, 0.5) is 0 Å². The van der Waals surface area contributed by atoms with Gasteiger partial charge in [-0.05, 0) is 35.0 Å². The van der Waals surface area contributed by atoms with E-state index in [4.69, 9.17) is 9.51 Å². The normalized spacial score (nSPS) is 11.3. The lowest BCUT2D eigenvalue weighted by Crippen LogP contribution is -2.23. The highest BCUT2D eigenvalue weighted by Crippen LogP contribution is 2.26. The van der Waals surface area contributed by atoms with Crippen molar-refractivity contribution in [1.29, 1.82) is 0 Å². The van der Waals surface area contributed by atoms with Gasteiger partial charge < -0.3 is 4.52 Å². The van der Waals surface area contributed by atoms with E-state index in [2.05, 4.69) is 10.1 Å². The van der Waals surface area contributed by atoms with Gasteiger partial charge in [0.05, 0.1) is 28.1 Å². The second kappa shape index (κ2) is 7.94. The second-order valence-electron chi connectivity index (χ2n) is 6.16. The topological polar surface area (TPSA) is 73.8 Å². The number of thioether (sulfide) groups is 1. The molecule has 0 bridgehead atoms. The Morgan fingerprint density at radius 2 is 1.86 bits per heavy atom. The Labute approximate surface area is 177 Å². The van der Waals surface area contributed by atoms with Crippen LogP contribution in [0.5, 0.6) is 0 Å². The Hall–Kier alpha value is -2.75. The molecule has 0 aliphatic rings. The maximum atomic E-state index is 13.1. The van der Waals surface area contributed by atoms with E-state index in [1.54, 1.807) is 27.2 Å². The van der Waals surface area contributed by atoms with Gasteiger partial charge in [-0.2, -0.15) is 4.98 Å². The molecule has 0 aliphatic carbocycles. The monoisotopic (exact) mass is 438 g/mol. The molecule has 0 atom stereocenters. The zero-order valence-corrected chi connectivity index (χ0v) is 17.5. The zero-order chi connectivity index (χ0) is 19.6. The fourth-order valence-electron chi connectivity index (χ4n) is 2.90. The van der Waals surface area contributed by atoms with Crippen molar-refractivity contribution < 1.29 is 4.52 Å². The van der Waals surface area contributed by atoms with E-state index in [-0.39, 0.29) is 5.56 Å². The lowest BCUT2D eigenvalue weighted by Gasteiger charge is -2.11. The predicted molar refractivity (Wildman–Crippen MR) is 117 cm³/mol. The average molecular weight is 439 g/mol. The molecule has 5 aromatic rings. The first-order chi connectivity index (χ1) is 14.3. The molecule has 0 saturated carbocycles. The first-order valence-corrected chi connectivity index (χ1v) is 11.5. The van der Waals surface area contributed by atoms with Gasteiger partial charge in [0.1, 0.15) is 0 Å². The van der Waals surface area contributed by atoms with Gasteiger partial charge >= 0.3 is 0 Å². The fourth-order valence-corrected chi connectivity index (χ4v) is 5.08. The summed E-state index contributed by atoms with van der Waals surface area (Å²) in [5, 5.41) is 9.28. The van der Waals surface area contributed by atoms with Crippen molar-refractivity contribution in [2.24, 2.45) is 0 Å². The number of rotatable bonds is 6. The van der Waals surface area contributed by atoms with E-state index in [0.717, 1.165) is 9.75 Å². The predicted octanol–water partition coefficient (Wildman–Crippen LogP) is 4.91. The van der Waals surface area contributed by atoms with Gasteiger partial charge in [-0.25, -0.2) is 4.98 Å². The number of fused-ring (bicyclic) bond motifs is 1. The van der Waals surface area contributed by atoms with E-state index < -0.39 is 0 Å². The lowest BCUT2D eigenvalue weighted by atomic mass is 10.2. The molecular weight excluding hydrogens is 424 g/mol. The molecule has 4 aromatic heterocycles. The molecule has 1 aromatic carbocycles. The van der Waals surface area contributed by atoms with Crippen molar-refractivity contribution in [1.82, 2.24) is 19.7 Å². The molecule has 5 rings (SSSR count). The number of aromatic nitrogens is 4. The molecule has 9 heteroatoms. The minimum Gasteiger partial charge on any atom is -0.338 e. The molecule has 0 unspecified atom stereocenters. The summed E-state index contributed by atoms with van der Waals surface area (Å²) in [5.74, 6) is 1.52. The van der Waals surface area contributed by atoms with Crippen molar-refractivity contribution in [3.63, 3.8) is 0 Å². The van der Waals surface area contributed by atoms with Gasteiger partial charge in [-0.3, -0.25) is 9.36 Å². The van der Waals surface area contributed by atoms with Crippen molar-refractivity contribution in [3.05, 3.63) is 80.4 Å². The minimum atomic E-state index is -0.0451. The largest absolute Gasteiger partial charge is 0.338 e. The molecule has 6 nitrogen and oxygen atoms in total. The van der Waals surface area contributed by atoms with Crippen LogP contribution in [0.25, 0.3) is 21.6 Å². The van der Waals surface area contributed by atoms with Crippen molar-refractivity contribution >= 4 is 45.3 Å². The van der Waals surface area contributed by atoms with Crippen LogP contribution in [0.15, 0.2) is 73.8 Å². The van der Waals surface area contributed by atoms with Crippen LogP contribution in [-0.2, 0) is 12.3 Å². The second-order valence-corrected chi connectivity index (χ2v) is 9.08. The Kier molecular flexibility index (Phi) is 5.01. The number of benzene rings is 1. The Bertz CT molecular complexity index is 1310. The molecule has 144 valence electrons. The molecule has 29 heavy (non-hydrogen) atoms. The third-order valence-corrected chi connectivity index (χ3v) is 6.94. The molecule has 0 amide bonds. The van der Waals surface area contributed by atoms with Gasteiger partial charge in [0.25, 0.3) is 5.56 Å². The summed E-state index contributed by atoms with van der Waals surface area (Å²) >= 11 is 4.61. The van der Waals surface area contributed by atoms with E-state index >= 15 is 0 Å². The van der Waals surface area contributed by atoms with Crippen LogP contribution in [0.2, 0.25) is 0 Å². The molecule has 0 fully saturated rings. The van der Waals surface area contributed by atoms with Gasteiger partial charge in [0.2, 0.25) is 11.7 Å². The highest BCUT2D eigenvalue weighted by atomic mass is 32.2. The smallest absolute Gasteiger partial charge is 0.262 e. The summed E-state index contributed by atoms with van der Waals surface area (Å²) in [7, 11) is 0. The molecule has 0 saturated heterocycles. The van der Waals surface area contributed by atoms with Crippen molar-refractivity contribution in [2.45, 2.75) is 17.5 Å². The number of hydrogen-bond acceptors (Lipinski definition) is 8. The number of nitrogens with zero attached hydrogens (tertiary/aromatic N) is 4. The van der Waals surface area contributed by atoms with E-state index in [1.165, 1.54) is 11.8 Å². The number of thiophene rings is 2. The van der Waals surface area contributed by atoms with Gasteiger partial charge in [-0.1, -0.05) is 41.2 Å². The number of para-hydroxylation sites is 1. The van der Waals surface area contributed by atoms with Crippen LogP contribution in [-0.4, -0.2) is 19.7 Å². The highest BCUT2D eigenvalue weighted by Gasteiger charge is 2.15. The van der Waals surface area contributed by atoms with Gasteiger partial charge in [0, 0.05) is 4.88 Å². The Morgan fingerprint density at radius 1 is 1.00 bits per heavy atom. The summed E-state index contributed by atoms with van der Waals surface area (Å²) in [4.78, 5) is 24.4. The van der Waals surface area contributed by atoms with Gasteiger partial charge in [-0.15, -0.1) is 22.7 Å². The molecule has 0 N–H and O–H groups in total. The molecule has 4 heterocycles. The summed E-state index contributed by atoms with van der Waals surface area (Å²) in [6.45, 7) is 0.487. The van der Waals surface area contributed by atoms with Crippen LogP contribution in [0, 0.1) is 0 Å². The number of hydrogen-bond donors (Lipinski definition) is 0. The van der Waals surface area contributed by atoms with E-state index in [1.807, 2.05) is 59.3 Å². The lowest BCUT2D eigenvalue weighted by molar-refractivity contribution is 0.391. The average Bonchev–Trinajstić information content (AvgIpc) is 3.51. The maximum Gasteiger partial charge on any atom is 0.262 e. The SMILES string of the molecule is O=c1c2ccccc2nc(SCc2nc(-c3cccs3)no2)n1Cc1cccs1. The molecular formula is C20H14N4O2S3. The quantitative estimate of drug-likeness (QED) is 0.277. The van der Waals surface area contributed by atoms with Crippen LogP contribution >= 0.6 is 34.4 Å². The third kappa shape index (κ3) is 3.76. The molecule has 0 spiro atoms. The fraction of sp³-hybridized carbons (Fsp3) is 0.100. The zero-order valence-electron chi connectivity index (χ0n) is 15.0. The van der Waals surface area contributed by atoms with Crippen molar-refractivity contribution in [2.75, 3.05) is 0 Å². The summed E-state index contributed by atoms with van der Waals surface area (Å²) in [5.41, 5.74) is 0.642. The third-order valence-electron chi connectivity index (χ3n) is 4.26. The van der Waals surface area contributed by atoms with Crippen LogP contribution in [0.3, 0.4) is 0 Å². The van der Waals surface area contributed by atoms with E-state index in [0.29, 0.717) is 40.1 Å². The van der Waals surface area contributed by atoms with Crippen molar-refractivity contribution in [3.8, 4) is 10.7 Å². The van der Waals surface area contributed by atoms with Gasteiger partial charge in [0.15, 0.2) is 5.16 Å². The summed E-state index contributed by atoms with van der Waals surface area (Å²) < 4.78 is 7.10. The molecule has 0 aliphatic heterocycles. The first-order valence-electron chi connectivity index (χ1n) is 8.79. The maximum absolute atomic E-state index is 13.1. The van der Waals surface area contributed by atoms with Crippen LogP contribution < -0.4 is 5.56 Å². The molecule has 0 radical (unpaired) electrons. The standard InChI is InChI=1S/C20H14N4O2S3/c25-19-14-6-1-2-7-15(14)21-20(24(19)11-13-5-3-9-27-13)29-12-17-22-18(23-26-17)16-8-4-10-28-16/h1-10H,11-12H2. The Morgan fingerprint density at radius 3 is 2.69 bits per heavy atom. The van der Waals surface area contributed by atoms with Crippen LogP contribution in [0.1, 0.15) is 10.8 Å².